The number of hydrogen-bond acceptors (Lipinski definition) is 5. The molecule has 3 unspecified atom stereocenters. The molecule has 2 rings (SSSR count). The molecule has 134 valence electrons. The zero-order valence-corrected chi connectivity index (χ0v) is 15.5. The maximum atomic E-state index is 12.6. The van der Waals surface area contributed by atoms with Gasteiger partial charge >= 0.3 is 0 Å². The first kappa shape index (κ1) is 18.7. The lowest BCUT2D eigenvalue weighted by Gasteiger charge is -2.29. The SMILES string of the molecule is COc1ccccc1C(C)NC(C)C(=O)N(C)C1CCS(=O)(=O)C1. The minimum absolute atomic E-state index is 0.0595. The fourth-order valence-corrected chi connectivity index (χ4v) is 4.90. The summed E-state index contributed by atoms with van der Waals surface area (Å²) in [6, 6.07) is 6.96. The van der Waals surface area contributed by atoms with E-state index in [1.807, 2.05) is 31.2 Å². The molecule has 3 atom stereocenters. The fraction of sp³-hybridized carbons (Fsp3) is 0.588. The van der Waals surface area contributed by atoms with E-state index in [4.69, 9.17) is 4.74 Å². The van der Waals surface area contributed by atoms with Gasteiger partial charge in [-0.15, -0.1) is 0 Å². The molecule has 0 bridgehead atoms. The first-order chi connectivity index (χ1) is 11.2. The molecule has 1 N–H and O–H groups in total. The Bertz CT molecular complexity index is 690. The van der Waals surface area contributed by atoms with Crippen LogP contribution in [-0.2, 0) is 14.6 Å². The number of benzene rings is 1. The molecular formula is C17H26N2O4S. The van der Waals surface area contributed by atoms with E-state index in [9.17, 15) is 13.2 Å². The second-order valence-corrected chi connectivity index (χ2v) is 8.59. The maximum absolute atomic E-state index is 12.6. The Balaban J connectivity index is 2.00. The first-order valence-electron chi connectivity index (χ1n) is 8.11. The van der Waals surface area contributed by atoms with Crippen molar-refractivity contribution < 1.29 is 17.9 Å². The van der Waals surface area contributed by atoms with Crippen molar-refractivity contribution in [3.8, 4) is 5.75 Å². The smallest absolute Gasteiger partial charge is 0.239 e. The number of ether oxygens (including phenoxy) is 1. The number of carbonyl (C=O) groups excluding carboxylic acids is 1. The molecule has 1 fully saturated rings. The molecule has 1 aliphatic heterocycles. The van der Waals surface area contributed by atoms with E-state index in [1.54, 1.807) is 26.0 Å². The average molecular weight is 354 g/mol. The van der Waals surface area contributed by atoms with Crippen molar-refractivity contribution in [3.63, 3.8) is 0 Å². The summed E-state index contributed by atoms with van der Waals surface area (Å²) in [6.45, 7) is 3.77. The van der Waals surface area contributed by atoms with Crippen LogP contribution in [0.5, 0.6) is 5.75 Å². The van der Waals surface area contributed by atoms with Crippen LogP contribution in [0.3, 0.4) is 0 Å². The van der Waals surface area contributed by atoms with Crippen LogP contribution in [-0.4, -0.2) is 57.0 Å². The molecule has 0 spiro atoms. The maximum Gasteiger partial charge on any atom is 0.239 e. The van der Waals surface area contributed by atoms with Crippen molar-refractivity contribution in [2.45, 2.75) is 38.4 Å². The Labute approximate surface area is 144 Å². The number of nitrogens with zero attached hydrogens (tertiary/aromatic N) is 1. The molecule has 1 amide bonds. The Morgan fingerprint density at radius 3 is 2.58 bits per heavy atom. The standard InChI is InChI=1S/C17H26N2O4S/c1-12(15-7-5-6-8-16(15)23-4)18-13(2)17(20)19(3)14-9-10-24(21,22)11-14/h5-8,12-14,18H,9-11H2,1-4H3. The molecule has 1 aromatic rings. The zero-order chi connectivity index (χ0) is 17.9. The lowest BCUT2D eigenvalue weighted by molar-refractivity contribution is -0.133. The van der Waals surface area contributed by atoms with Crippen LogP contribution in [0.1, 0.15) is 31.9 Å². The highest BCUT2D eigenvalue weighted by Crippen LogP contribution is 2.25. The minimum atomic E-state index is -3.01. The summed E-state index contributed by atoms with van der Waals surface area (Å²) in [6.07, 6.45) is 0.513. The molecule has 7 heteroatoms. The molecule has 0 radical (unpaired) electrons. The van der Waals surface area contributed by atoms with Gasteiger partial charge in [-0.2, -0.15) is 0 Å². The van der Waals surface area contributed by atoms with Crippen molar-refractivity contribution in [1.29, 1.82) is 0 Å². The van der Waals surface area contributed by atoms with E-state index < -0.39 is 15.9 Å². The van der Waals surface area contributed by atoms with Crippen LogP contribution in [0.25, 0.3) is 0 Å². The molecule has 1 saturated heterocycles. The number of amides is 1. The van der Waals surface area contributed by atoms with Crippen LogP contribution in [0.2, 0.25) is 0 Å². The van der Waals surface area contributed by atoms with E-state index in [1.165, 1.54) is 0 Å². The number of nitrogens with one attached hydrogen (secondary N) is 1. The number of methoxy groups -OCH3 is 1. The lowest BCUT2D eigenvalue weighted by atomic mass is 10.1. The van der Waals surface area contributed by atoms with Crippen molar-refractivity contribution >= 4 is 15.7 Å². The second kappa shape index (κ2) is 7.53. The zero-order valence-electron chi connectivity index (χ0n) is 14.7. The number of rotatable bonds is 6. The Morgan fingerprint density at radius 2 is 2.00 bits per heavy atom. The molecule has 0 aliphatic carbocycles. The third-order valence-electron chi connectivity index (χ3n) is 4.58. The van der Waals surface area contributed by atoms with E-state index in [2.05, 4.69) is 5.32 Å². The quantitative estimate of drug-likeness (QED) is 0.835. The van der Waals surface area contributed by atoms with Gasteiger partial charge in [-0.05, 0) is 26.3 Å². The van der Waals surface area contributed by atoms with Crippen molar-refractivity contribution in [3.05, 3.63) is 29.8 Å². The van der Waals surface area contributed by atoms with Crippen LogP contribution >= 0.6 is 0 Å². The minimum Gasteiger partial charge on any atom is -0.496 e. The van der Waals surface area contributed by atoms with Gasteiger partial charge in [-0.1, -0.05) is 18.2 Å². The Morgan fingerprint density at radius 1 is 1.33 bits per heavy atom. The van der Waals surface area contributed by atoms with Crippen LogP contribution in [0.4, 0.5) is 0 Å². The normalized spacial score (nSPS) is 21.9. The van der Waals surface area contributed by atoms with Gasteiger partial charge in [0.15, 0.2) is 9.84 Å². The number of para-hydroxylation sites is 1. The Kier molecular flexibility index (Phi) is 5.87. The van der Waals surface area contributed by atoms with E-state index in [0.717, 1.165) is 11.3 Å². The molecule has 1 aromatic carbocycles. The summed E-state index contributed by atoms with van der Waals surface area (Å²) < 4.78 is 28.6. The molecular weight excluding hydrogens is 328 g/mol. The molecule has 1 aliphatic rings. The first-order valence-corrected chi connectivity index (χ1v) is 9.93. The van der Waals surface area contributed by atoms with Crippen LogP contribution in [0.15, 0.2) is 24.3 Å². The van der Waals surface area contributed by atoms with E-state index >= 15 is 0 Å². The summed E-state index contributed by atoms with van der Waals surface area (Å²) in [4.78, 5) is 14.2. The lowest BCUT2D eigenvalue weighted by Crippen LogP contribution is -2.48. The van der Waals surface area contributed by atoms with Crippen LogP contribution in [0, 0.1) is 0 Å². The van der Waals surface area contributed by atoms with Crippen molar-refractivity contribution in [2.75, 3.05) is 25.7 Å². The molecule has 1 heterocycles. The summed E-state index contributed by atoms with van der Waals surface area (Å²) in [5.74, 6) is 0.893. The highest BCUT2D eigenvalue weighted by atomic mass is 32.2. The topological polar surface area (TPSA) is 75.7 Å². The fourth-order valence-electron chi connectivity index (χ4n) is 3.13. The average Bonchev–Trinajstić information content (AvgIpc) is 2.93. The second-order valence-electron chi connectivity index (χ2n) is 6.36. The highest BCUT2D eigenvalue weighted by Gasteiger charge is 2.34. The van der Waals surface area contributed by atoms with Gasteiger partial charge in [0.25, 0.3) is 0 Å². The van der Waals surface area contributed by atoms with Gasteiger partial charge in [0.05, 0.1) is 24.7 Å². The summed E-state index contributed by atoms with van der Waals surface area (Å²) >= 11 is 0. The molecule has 24 heavy (non-hydrogen) atoms. The number of sulfone groups is 1. The number of carbonyl (C=O) groups is 1. The van der Waals surface area contributed by atoms with E-state index in [-0.39, 0.29) is 29.5 Å². The third-order valence-corrected chi connectivity index (χ3v) is 6.33. The largest absolute Gasteiger partial charge is 0.496 e. The molecule has 0 aromatic heterocycles. The van der Waals surface area contributed by atoms with Gasteiger partial charge < -0.3 is 9.64 Å². The van der Waals surface area contributed by atoms with Crippen molar-refractivity contribution in [2.24, 2.45) is 0 Å². The predicted molar refractivity (Wildman–Crippen MR) is 93.8 cm³/mol. The highest BCUT2D eigenvalue weighted by molar-refractivity contribution is 7.91. The monoisotopic (exact) mass is 354 g/mol. The summed E-state index contributed by atoms with van der Waals surface area (Å²) in [7, 11) is 0.294. The van der Waals surface area contributed by atoms with E-state index in [0.29, 0.717) is 6.42 Å². The Hall–Kier alpha value is -1.60. The van der Waals surface area contributed by atoms with Gasteiger partial charge in [0.2, 0.25) is 5.91 Å². The third kappa shape index (κ3) is 4.27. The predicted octanol–water partition coefficient (Wildman–Crippen LogP) is 1.38. The van der Waals surface area contributed by atoms with Gasteiger partial charge in [-0.3, -0.25) is 10.1 Å². The van der Waals surface area contributed by atoms with Gasteiger partial charge in [-0.25, -0.2) is 8.42 Å². The number of likely N-dealkylation sites (N-methyl/N-ethyl adjacent to an activating group) is 1. The van der Waals surface area contributed by atoms with Gasteiger partial charge in [0, 0.05) is 24.7 Å². The number of hydrogen-bond donors (Lipinski definition) is 1. The van der Waals surface area contributed by atoms with Crippen molar-refractivity contribution in [1.82, 2.24) is 10.2 Å². The summed E-state index contributed by atoms with van der Waals surface area (Å²) in [5, 5.41) is 3.28. The summed E-state index contributed by atoms with van der Waals surface area (Å²) in [5.41, 5.74) is 0.978. The molecule has 6 nitrogen and oxygen atoms in total. The van der Waals surface area contributed by atoms with Gasteiger partial charge in [0.1, 0.15) is 5.75 Å². The van der Waals surface area contributed by atoms with Crippen LogP contribution < -0.4 is 10.1 Å². The molecule has 0 saturated carbocycles.